The largest absolute Gasteiger partial charge is 0.440 e. The van der Waals surface area contributed by atoms with Crippen LogP contribution in [0.15, 0.2) is 40.8 Å². The number of halogens is 1. The van der Waals surface area contributed by atoms with Crippen molar-refractivity contribution in [3.05, 3.63) is 52.9 Å². The summed E-state index contributed by atoms with van der Waals surface area (Å²) in [4.78, 5) is 23.7. The van der Waals surface area contributed by atoms with Crippen molar-refractivity contribution in [3.63, 3.8) is 0 Å². The molecule has 1 aliphatic carbocycles. The molecule has 1 saturated carbocycles. The number of carbonyl (C=O) groups is 2. The Morgan fingerprint density at radius 1 is 1.17 bits per heavy atom. The molecular weight excluding hydrogens is 316 g/mol. The first-order valence-electron chi connectivity index (χ1n) is 7.50. The van der Waals surface area contributed by atoms with Crippen molar-refractivity contribution < 1.29 is 14.0 Å². The van der Waals surface area contributed by atoms with E-state index in [0.29, 0.717) is 0 Å². The maximum Gasteiger partial charge on any atom is 0.287 e. The molecule has 6 heteroatoms. The molecule has 2 aromatic rings. The standard InChI is InChI=1S/C17H17ClN2O3/c1-10(19-17(22)14-8-9-15(18)23-14)11-4-6-13(7-5-11)20-16(21)12-2-3-12/h4-10,12H,2-3H2,1H3,(H,19,22)(H,20,21). The number of carbonyl (C=O) groups excluding carboxylic acids is 2. The van der Waals surface area contributed by atoms with Gasteiger partial charge in [-0.1, -0.05) is 12.1 Å². The Labute approximate surface area is 139 Å². The van der Waals surface area contributed by atoms with Crippen molar-refractivity contribution >= 4 is 29.1 Å². The average Bonchev–Trinajstić information content (AvgIpc) is 3.29. The molecule has 0 saturated heterocycles. The molecule has 0 spiro atoms. The fourth-order valence-electron chi connectivity index (χ4n) is 2.23. The molecule has 1 fully saturated rings. The van der Waals surface area contributed by atoms with Crippen LogP contribution >= 0.6 is 11.6 Å². The van der Waals surface area contributed by atoms with Crippen LogP contribution in [-0.4, -0.2) is 11.8 Å². The van der Waals surface area contributed by atoms with E-state index in [2.05, 4.69) is 10.6 Å². The van der Waals surface area contributed by atoms with E-state index < -0.39 is 0 Å². The van der Waals surface area contributed by atoms with Crippen LogP contribution in [0.1, 0.15) is 41.9 Å². The SMILES string of the molecule is CC(NC(=O)c1ccc(Cl)o1)c1ccc(NC(=O)C2CC2)cc1. The Bertz CT molecular complexity index is 720. The summed E-state index contributed by atoms with van der Waals surface area (Å²) in [6, 6.07) is 10.3. The Morgan fingerprint density at radius 3 is 2.43 bits per heavy atom. The van der Waals surface area contributed by atoms with Crippen molar-refractivity contribution in [2.75, 3.05) is 5.32 Å². The van der Waals surface area contributed by atoms with Gasteiger partial charge in [-0.2, -0.15) is 0 Å². The quantitative estimate of drug-likeness (QED) is 0.875. The number of nitrogens with one attached hydrogen (secondary N) is 2. The van der Waals surface area contributed by atoms with Crippen LogP contribution in [0.4, 0.5) is 5.69 Å². The molecule has 3 rings (SSSR count). The van der Waals surface area contributed by atoms with Gasteiger partial charge in [0.1, 0.15) is 0 Å². The van der Waals surface area contributed by atoms with Gasteiger partial charge < -0.3 is 15.1 Å². The summed E-state index contributed by atoms with van der Waals surface area (Å²) in [5.41, 5.74) is 1.70. The molecule has 0 aliphatic heterocycles. The van der Waals surface area contributed by atoms with E-state index in [9.17, 15) is 9.59 Å². The predicted molar refractivity (Wildman–Crippen MR) is 87.4 cm³/mol. The van der Waals surface area contributed by atoms with E-state index in [4.69, 9.17) is 16.0 Å². The molecule has 120 valence electrons. The first-order chi connectivity index (χ1) is 11.0. The molecule has 0 radical (unpaired) electrons. The normalized spacial score (nSPS) is 15.0. The number of amides is 2. The molecule has 5 nitrogen and oxygen atoms in total. The molecule has 1 aromatic carbocycles. The highest BCUT2D eigenvalue weighted by Gasteiger charge is 2.29. The Kier molecular flexibility index (Phi) is 4.39. The zero-order valence-corrected chi connectivity index (χ0v) is 13.4. The van der Waals surface area contributed by atoms with Gasteiger partial charge >= 0.3 is 0 Å². The van der Waals surface area contributed by atoms with Gasteiger partial charge in [0.25, 0.3) is 5.91 Å². The maximum absolute atomic E-state index is 12.0. The zero-order chi connectivity index (χ0) is 16.4. The Hall–Kier alpha value is -2.27. The second kappa shape index (κ2) is 6.46. The lowest BCUT2D eigenvalue weighted by Crippen LogP contribution is -2.26. The highest BCUT2D eigenvalue weighted by molar-refractivity contribution is 6.29. The first-order valence-corrected chi connectivity index (χ1v) is 7.88. The summed E-state index contributed by atoms with van der Waals surface area (Å²) >= 11 is 5.66. The van der Waals surface area contributed by atoms with Crippen LogP contribution in [0, 0.1) is 5.92 Å². The van der Waals surface area contributed by atoms with E-state index in [0.717, 1.165) is 24.1 Å². The number of hydrogen-bond donors (Lipinski definition) is 2. The summed E-state index contributed by atoms with van der Waals surface area (Å²) in [5, 5.41) is 5.90. The lowest BCUT2D eigenvalue weighted by Gasteiger charge is -2.14. The highest BCUT2D eigenvalue weighted by atomic mass is 35.5. The van der Waals surface area contributed by atoms with Crippen LogP contribution in [-0.2, 0) is 4.79 Å². The fourth-order valence-corrected chi connectivity index (χ4v) is 2.38. The smallest absolute Gasteiger partial charge is 0.287 e. The third-order valence-corrected chi connectivity index (χ3v) is 3.97. The summed E-state index contributed by atoms with van der Waals surface area (Å²) in [6.45, 7) is 1.88. The number of anilines is 1. The minimum Gasteiger partial charge on any atom is -0.440 e. The predicted octanol–water partition coefficient (Wildman–Crippen LogP) is 3.77. The van der Waals surface area contributed by atoms with Crippen molar-refractivity contribution in [1.82, 2.24) is 5.32 Å². The molecule has 1 aliphatic rings. The molecule has 2 amide bonds. The topological polar surface area (TPSA) is 71.3 Å². The van der Waals surface area contributed by atoms with E-state index in [1.165, 1.54) is 12.1 Å². The lowest BCUT2D eigenvalue weighted by molar-refractivity contribution is -0.117. The number of rotatable bonds is 5. The minimum atomic E-state index is -0.324. The fraction of sp³-hybridized carbons (Fsp3) is 0.294. The molecule has 1 heterocycles. The van der Waals surface area contributed by atoms with E-state index in [-0.39, 0.29) is 34.8 Å². The zero-order valence-electron chi connectivity index (χ0n) is 12.6. The third-order valence-electron chi connectivity index (χ3n) is 3.77. The summed E-state index contributed by atoms with van der Waals surface area (Å²) < 4.78 is 5.08. The molecule has 1 atom stereocenters. The van der Waals surface area contributed by atoms with Gasteiger partial charge in [0, 0.05) is 11.6 Å². The van der Waals surface area contributed by atoms with Crippen LogP contribution in [0.25, 0.3) is 0 Å². The average molecular weight is 333 g/mol. The summed E-state index contributed by atoms with van der Waals surface area (Å²) in [7, 11) is 0. The van der Waals surface area contributed by atoms with Gasteiger partial charge in [-0.05, 0) is 61.2 Å². The molecular formula is C17H17ClN2O3. The van der Waals surface area contributed by atoms with Gasteiger partial charge in [0.05, 0.1) is 6.04 Å². The third kappa shape index (κ3) is 3.93. The number of hydrogen-bond acceptors (Lipinski definition) is 3. The number of benzene rings is 1. The number of furan rings is 1. The van der Waals surface area contributed by atoms with E-state index >= 15 is 0 Å². The summed E-state index contributed by atoms with van der Waals surface area (Å²) in [5.74, 6) is 0.104. The highest BCUT2D eigenvalue weighted by Crippen LogP contribution is 2.30. The second-order valence-corrected chi connectivity index (χ2v) is 6.06. The van der Waals surface area contributed by atoms with Gasteiger partial charge in [-0.25, -0.2) is 0 Å². The Balaban J connectivity index is 1.59. The van der Waals surface area contributed by atoms with Crippen molar-refractivity contribution in [2.45, 2.75) is 25.8 Å². The first kappa shape index (κ1) is 15.6. The van der Waals surface area contributed by atoms with Gasteiger partial charge in [-0.3, -0.25) is 9.59 Å². The summed E-state index contributed by atoms with van der Waals surface area (Å²) in [6.07, 6.45) is 1.95. The van der Waals surface area contributed by atoms with Crippen LogP contribution in [0.5, 0.6) is 0 Å². The van der Waals surface area contributed by atoms with E-state index in [1.54, 1.807) is 0 Å². The second-order valence-electron chi connectivity index (χ2n) is 5.68. The van der Waals surface area contributed by atoms with Gasteiger partial charge in [0.2, 0.25) is 5.91 Å². The van der Waals surface area contributed by atoms with Crippen molar-refractivity contribution in [1.29, 1.82) is 0 Å². The van der Waals surface area contributed by atoms with Gasteiger partial charge in [-0.15, -0.1) is 0 Å². The van der Waals surface area contributed by atoms with Crippen molar-refractivity contribution in [3.8, 4) is 0 Å². The maximum atomic E-state index is 12.0. The molecule has 1 unspecified atom stereocenters. The van der Waals surface area contributed by atoms with Gasteiger partial charge in [0.15, 0.2) is 11.0 Å². The van der Waals surface area contributed by atoms with E-state index in [1.807, 2.05) is 31.2 Å². The molecule has 2 N–H and O–H groups in total. The van der Waals surface area contributed by atoms with Crippen LogP contribution in [0.3, 0.4) is 0 Å². The Morgan fingerprint density at radius 2 is 1.87 bits per heavy atom. The monoisotopic (exact) mass is 332 g/mol. The molecule has 23 heavy (non-hydrogen) atoms. The molecule has 1 aromatic heterocycles. The van der Waals surface area contributed by atoms with Crippen LogP contribution in [0.2, 0.25) is 5.22 Å². The van der Waals surface area contributed by atoms with Crippen LogP contribution < -0.4 is 10.6 Å². The molecule has 0 bridgehead atoms. The lowest BCUT2D eigenvalue weighted by atomic mass is 10.1. The minimum absolute atomic E-state index is 0.0776. The van der Waals surface area contributed by atoms with Crippen molar-refractivity contribution in [2.24, 2.45) is 5.92 Å².